The molecule has 0 bridgehead atoms. The average molecular weight is 456 g/mol. The largest absolute Gasteiger partial charge is 0.462 e. The number of benzene rings is 3. The number of carbonyl (C=O) groups excluding carboxylic acids is 2. The first-order valence-electron chi connectivity index (χ1n) is 10.1. The van der Waals surface area contributed by atoms with E-state index >= 15 is 0 Å². The quantitative estimate of drug-likeness (QED) is 0.378. The zero-order valence-electron chi connectivity index (χ0n) is 17.4. The van der Waals surface area contributed by atoms with Gasteiger partial charge in [-0.25, -0.2) is 4.79 Å². The van der Waals surface area contributed by atoms with Crippen molar-refractivity contribution in [3.05, 3.63) is 99.0 Å². The van der Waals surface area contributed by atoms with Crippen LogP contribution in [0.15, 0.2) is 66.7 Å². The van der Waals surface area contributed by atoms with Crippen molar-refractivity contribution in [2.45, 2.75) is 26.8 Å². The molecule has 0 unspecified atom stereocenters. The van der Waals surface area contributed by atoms with E-state index in [0.717, 1.165) is 12.0 Å². The number of amides is 1. The van der Waals surface area contributed by atoms with Crippen molar-refractivity contribution in [2.75, 3.05) is 11.5 Å². The monoisotopic (exact) mass is 455 g/mol. The highest BCUT2D eigenvalue weighted by Gasteiger charge is 2.21. The lowest BCUT2D eigenvalue weighted by Crippen LogP contribution is -2.30. The highest BCUT2D eigenvalue weighted by Crippen LogP contribution is 2.29. The van der Waals surface area contributed by atoms with Crippen molar-refractivity contribution in [3.8, 4) is 0 Å². The van der Waals surface area contributed by atoms with Gasteiger partial charge in [0.05, 0.1) is 18.7 Å². The van der Waals surface area contributed by atoms with Crippen LogP contribution in [0.3, 0.4) is 0 Å². The highest BCUT2D eigenvalue weighted by molar-refractivity contribution is 6.36. The number of carbonyl (C=O) groups is 2. The molecule has 3 rings (SSSR count). The summed E-state index contributed by atoms with van der Waals surface area (Å²) < 4.78 is 5.04. The molecule has 6 heteroatoms. The van der Waals surface area contributed by atoms with Gasteiger partial charge in [-0.3, -0.25) is 4.79 Å². The van der Waals surface area contributed by atoms with Crippen LogP contribution in [0.5, 0.6) is 0 Å². The van der Waals surface area contributed by atoms with Gasteiger partial charge in [-0.1, -0.05) is 48.3 Å². The molecule has 1 amide bonds. The van der Waals surface area contributed by atoms with Crippen molar-refractivity contribution >= 4 is 40.8 Å². The number of esters is 1. The van der Waals surface area contributed by atoms with E-state index in [2.05, 4.69) is 6.92 Å². The fourth-order valence-corrected chi connectivity index (χ4v) is 3.67. The predicted octanol–water partition coefficient (Wildman–Crippen LogP) is 6.58. The molecule has 0 heterocycles. The molecule has 31 heavy (non-hydrogen) atoms. The molecule has 4 nitrogen and oxygen atoms in total. The Balaban J connectivity index is 1.99. The molecule has 0 fully saturated rings. The molecule has 0 atom stereocenters. The fourth-order valence-electron chi connectivity index (χ4n) is 3.15. The number of halogens is 2. The van der Waals surface area contributed by atoms with Crippen LogP contribution in [0, 0.1) is 0 Å². The number of aryl methyl sites for hydroxylation is 1. The van der Waals surface area contributed by atoms with Crippen LogP contribution in [0.4, 0.5) is 5.69 Å². The molecule has 0 spiro atoms. The number of nitrogens with zero attached hydrogens (tertiary/aromatic N) is 1. The Morgan fingerprint density at radius 1 is 0.839 bits per heavy atom. The lowest BCUT2D eigenvalue weighted by Gasteiger charge is -2.24. The van der Waals surface area contributed by atoms with Crippen molar-refractivity contribution in [1.82, 2.24) is 0 Å². The molecule has 3 aromatic rings. The van der Waals surface area contributed by atoms with Gasteiger partial charge >= 0.3 is 5.97 Å². The lowest BCUT2D eigenvalue weighted by molar-refractivity contribution is 0.0526. The molecule has 0 saturated heterocycles. The van der Waals surface area contributed by atoms with Gasteiger partial charge in [0.2, 0.25) is 0 Å². The second kappa shape index (κ2) is 10.5. The van der Waals surface area contributed by atoms with E-state index < -0.39 is 5.97 Å². The first-order valence-corrected chi connectivity index (χ1v) is 10.8. The third-order valence-electron chi connectivity index (χ3n) is 4.92. The van der Waals surface area contributed by atoms with Gasteiger partial charge in [0, 0.05) is 26.9 Å². The summed E-state index contributed by atoms with van der Waals surface area (Å²) in [6.07, 6.45) is 0.892. The second-order valence-corrected chi connectivity index (χ2v) is 7.72. The summed E-state index contributed by atoms with van der Waals surface area (Å²) in [5, 5.41) is 0.963. The van der Waals surface area contributed by atoms with Crippen molar-refractivity contribution in [1.29, 1.82) is 0 Å². The standard InChI is InChI=1S/C25H23Cl2NO3/c1-3-17-8-10-18(11-9-17)24(29)28(16-21-22(26)6-5-7-23(21)27)20-14-12-19(13-15-20)25(30)31-4-2/h5-15H,3-4,16H2,1-2H3. The zero-order valence-corrected chi connectivity index (χ0v) is 18.9. The summed E-state index contributed by atoms with van der Waals surface area (Å²) >= 11 is 12.7. The maximum Gasteiger partial charge on any atom is 0.338 e. The topological polar surface area (TPSA) is 46.6 Å². The van der Waals surface area contributed by atoms with Crippen molar-refractivity contribution in [2.24, 2.45) is 0 Å². The van der Waals surface area contributed by atoms with E-state index in [1.54, 1.807) is 54.3 Å². The Morgan fingerprint density at radius 3 is 1.97 bits per heavy atom. The Kier molecular flexibility index (Phi) is 7.72. The molecular formula is C25H23Cl2NO3. The predicted molar refractivity (Wildman–Crippen MR) is 125 cm³/mol. The molecule has 0 aliphatic carbocycles. The number of hydrogen-bond acceptors (Lipinski definition) is 3. The van der Waals surface area contributed by atoms with Crippen LogP contribution in [0.2, 0.25) is 10.0 Å². The third kappa shape index (κ3) is 5.46. The Bertz CT molecular complexity index is 1040. The first-order chi connectivity index (χ1) is 14.9. The smallest absolute Gasteiger partial charge is 0.338 e. The molecule has 0 aliphatic rings. The summed E-state index contributed by atoms with van der Waals surface area (Å²) in [6.45, 7) is 4.30. The zero-order chi connectivity index (χ0) is 22.4. The first kappa shape index (κ1) is 22.9. The molecule has 0 N–H and O–H groups in total. The lowest BCUT2D eigenvalue weighted by atomic mass is 10.1. The van der Waals surface area contributed by atoms with Crippen molar-refractivity contribution in [3.63, 3.8) is 0 Å². The Hall–Kier alpha value is -2.82. The van der Waals surface area contributed by atoms with Crippen LogP contribution < -0.4 is 4.90 Å². The summed E-state index contributed by atoms with van der Waals surface area (Å²) in [5.74, 6) is -0.598. The van der Waals surface area contributed by atoms with Gasteiger partial charge < -0.3 is 9.64 Å². The molecule has 0 radical (unpaired) electrons. The minimum absolute atomic E-state index is 0.186. The molecule has 0 aliphatic heterocycles. The van der Waals surface area contributed by atoms with Gasteiger partial charge in [-0.05, 0) is 67.4 Å². The van der Waals surface area contributed by atoms with E-state index in [-0.39, 0.29) is 12.5 Å². The Labute approximate surface area is 192 Å². The summed E-state index contributed by atoms with van der Waals surface area (Å²) in [5.41, 5.74) is 3.39. The third-order valence-corrected chi connectivity index (χ3v) is 5.63. The highest BCUT2D eigenvalue weighted by atomic mass is 35.5. The minimum atomic E-state index is -0.406. The normalized spacial score (nSPS) is 10.6. The summed E-state index contributed by atoms with van der Waals surface area (Å²) in [7, 11) is 0. The molecule has 0 aromatic heterocycles. The van der Waals surface area contributed by atoms with Gasteiger partial charge in [-0.15, -0.1) is 0 Å². The number of rotatable bonds is 7. The molecule has 160 valence electrons. The SMILES string of the molecule is CCOC(=O)c1ccc(N(Cc2c(Cl)cccc2Cl)C(=O)c2ccc(CC)cc2)cc1. The van der Waals surface area contributed by atoms with Crippen LogP contribution >= 0.6 is 23.2 Å². The number of anilines is 1. The van der Waals surface area contributed by atoms with Gasteiger partial charge in [-0.2, -0.15) is 0 Å². The van der Waals surface area contributed by atoms with Gasteiger partial charge in [0.1, 0.15) is 0 Å². The average Bonchev–Trinajstić information content (AvgIpc) is 2.79. The van der Waals surface area contributed by atoms with Crippen LogP contribution in [-0.2, 0) is 17.7 Å². The second-order valence-electron chi connectivity index (χ2n) is 6.91. The van der Waals surface area contributed by atoms with Crippen LogP contribution in [-0.4, -0.2) is 18.5 Å². The molecule has 0 saturated carbocycles. The van der Waals surface area contributed by atoms with E-state index in [4.69, 9.17) is 27.9 Å². The Morgan fingerprint density at radius 2 is 1.42 bits per heavy atom. The van der Waals surface area contributed by atoms with E-state index in [9.17, 15) is 9.59 Å². The maximum atomic E-state index is 13.4. The molecular weight excluding hydrogens is 433 g/mol. The molecule has 3 aromatic carbocycles. The van der Waals surface area contributed by atoms with E-state index in [1.807, 2.05) is 24.3 Å². The van der Waals surface area contributed by atoms with E-state index in [0.29, 0.717) is 39.0 Å². The van der Waals surface area contributed by atoms with Gasteiger partial charge in [0.25, 0.3) is 5.91 Å². The fraction of sp³-hybridized carbons (Fsp3) is 0.200. The summed E-state index contributed by atoms with van der Waals surface area (Å²) in [6, 6.07) is 19.5. The maximum absolute atomic E-state index is 13.4. The van der Waals surface area contributed by atoms with Crippen molar-refractivity contribution < 1.29 is 14.3 Å². The summed E-state index contributed by atoms with van der Waals surface area (Å²) in [4.78, 5) is 27.0. The van der Waals surface area contributed by atoms with E-state index in [1.165, 1.54) is 0 Å². The number of ether oxygens (including phenoxy) is 1. The number of hydrogen-bond donors (Lipinski definition) is 0. The van der Waals surface area contributed by atoms with Crippen LogP contribution in [0.1, 0.15) is 45.7 Å². The van der Waals surface area contributed by atoms with Gasteiger partial charge in [0.15, 0.2) is 0 Å². The minimum Gasteiger partial charge on any atom is -0.462 e. The van der Waals surface area contributed by atoms with Crippen LogP contribution in [0.25, 0.3) is 0 Å².